The fourth-order valence-electron chi connectivity index (χ4n) is 2.90. The maximum atomic E-state index is 12.7. The van der Waals surface area contributed by atoms with Crippen LogP contribution < -0.4 is 14.8 Å². The second-order valence-electron chi connectivity index (χ2n) is 5.76. The highest BCUT2D eigenvalue weighted by atomic mass is 35.5. The van der Waals surface area contributed by atoms with Crippen LogP contribution in [0.4, 0.5) is 10.5 Å². The molecule has 2 aliphatic heterocycles. The second-order valence-corrected chi connectivity index (χ2v) is 7.38. The third-order valence-corrected chi connectivity index (χ3v) is 5.61. The summed E-state index contributed by atoms with van der Waals surface area (Å²) >= 11 is 7.63. The Morgan fingerprint density at radius 3 is 2.68 bits per heavy atom. The third kappa shape index (κ3) is 3.50. The normalized spacial score (nSPS) is 18.9. The summed E-state index contributed by atoms with van der Waals surface area (Å²) in [5.41, 5.74) is 1.77. The van der Waals surface area contributed by atoms with Gasteiger partial charge in [-0.1, -0.05) is 17.7 Å². The Balaban J connectivity index is 1.51. The molecule has 0 bridgehead atoms. The molecular weight excluding hydrogens is 360 g/mol. The SMILES string of the molecule is O=C(Nc1ccc(Cl)cc1)N1CCSC1c1ccc2c(c1)OCCO2. The van der Waals surface area contributed by atoms with E-state index in [2.05, 4.69) is 5.32 Å². The molecule has 130 valence electrons. The average molecular weight is 377 g/mol. The minimum Gasteiger partial charge on any atom is -0.486 e. The van der Waals surface area contributed by atoms with E-state index >= 15 is 0 Å². The Morgan fingerprint density at radius 2 is 1.88 bits per heavy atom. The number of halogens is 1. The maximum Gasteiger partial charge on any atom is 0.323 e. The van der Waals surface area contributed by atoms with Crippen molar-refractivity contribution >= 4 is 35.1 Å². The van der Waals surface area contributed by atoms with E-state index in [1.54, 1.807) is 36.0 Å². The minimum atomic E-state index is -0.118. The number of anilines is 1. The van der Waals surface area contributed by atoms with Gasteiger partial charge in [0.25, 0.3) is 0 Å². The van der Waals surface area contributed by atoms with Crippen LogP contribution in [0.25, 0.3) is 0 Å². The van der Waals surface area contributed by atoms with Crippen LogP contribution in [-0.2, 0) is 0 Å². The van der Waals surface area contributed by atoms with Crippen LogP contribution in [0.3, 0.4) is 0 Å². The van der Waals surface area contributed by atoms with Crippen molar-refractivity contribution in [3.63, 3.8) is 0 Å². The molecule has 2 aliphatic rings. The number of fused-ring (bicyclic) bond motifs is 1. The molecule has 1 atom stereocenters. The Kier molecular flexibility index (Phi) is 4.63. The van der Waals surface area contributed by atoms with Gasteiger partial charge in [-0.15, -0.1) is 11.8 Å². The molecule has 0 radical (unpaired) electrons. The zero-order valence-corrected chi connectivity index (χ0v) is 15.0. The Morgan fingerprint density at radius 1 is 1.12 bits per heavy atom. The molecule has 0 aromatic heterocycles. The molecule has 1 saturated heterocycles. The Hall–Kier alpha value is -2.05. The number of thioether (sulfide) groups is 1. The van der Waals surface area contributed by atoms with E-state index in [-0.39, 0.29) is 11.4 Å². The van der Waals surface area contributed by atoms with E-state index in [1.165, 1.54) is 0 Å². The topological polar surface area (TPSA) is 50.8 Å². The van der Waals surface area contributed by atoms with E-state index in [1.807, 2.05) is 23.1 Å². The highest BCUT2D eigenvalue weighted by Gasteiger charge is 2.31. The number of carbonyl (C=O) groups is 1. The van der Waals surface area contributed by atoms with Gasteiger partial charge >= 0.3 is 6.03 Å². The summed E-state index contributed by atoms with van der Waals surface area (Å²) < 4.78 is 11.2. The number of ether oxygens (including phenoxy) is 2. The number of rotatable bonds is 2. The van der Waals surface area contributed by atoms with Gasteiger partial charge in [0.05, 0.1) is 0 Å². The molecule has 4 rings (SSSR count). The first-order valence-corrected chi connectivity index (χ1v) is 9.48. The van der Waals surface area contributed by atoms with Gasteiger partial charge in [0.1, 0.15) is 18.6 Å². The van der Waals surface area contributed by atoms with Crippen LogP contribution in [0.2, 0.25) is 5.02 Å². The van der Waals surface area contributed by atoms with Gasteiger partial charge in [0.15, 0.2) is 11.5 Å². The molecule has 2 aromatic carbocycles. The van der Waals surface area contributed by atoms with Gasteiger partial charge in [0.2, 0.25) is 0 Å². The van der Waals surface area contributed by atoms with Crippen molar-refractivity contribution < 1.29 is 14.3 Å². The first kappa shape index (κ1) is 16.4. The molecule has 1 N–H and O–H groups in total. The van der Waals surface area contributed by atoms with Crippen LogP contribution in [0, 0.1) is 0 Å². The molecule has 1 fully saturated rings. The maximum absolute atomic E-state index is 12.7. The summed E-state index contributed by atoms with van der Waals surface area (Å²) in [4.78, 5) is 14.5. The summed E-state index contributed by atoms with van der Waals surface area (Å²) in [5.74, 6) is 2.40. The number of benzene rings is 2. The average Bonchev–Trinajstić information content (AvgIpc) is 3.13. The van der Waals surface area contributed by atoms with Crippen LogP contribution in [-0.4, -0.2) is 36.4 Å². The van der Waals surface area contributed by atoms with E-state index in [4.69, 9.17) is 21.1 Å². The van der Waals surface area contributed by atoms with Crippen molar-refractivity contribution in [3.05, 3.63) is 53.1 Å². The fourth-order valence-corrected chi connectivity index (χ4v) is 4.27. The number of nitrogens with one attached hydrogen (secondary N) is 1. The number of carbonyl (C=O) groups excluding carboxylic acids is 1. The lowest BCUT2D eigenvalue weighted by atomic mass is 10.1. The predicted molar refractivity (Wildman–Crippen MR) is 99.8 cm³/mol. The molecule has 2 aromatic rings. The molecular formula is C18H17ClN2O3S. The largest absolute Gasteiger partial charge is 0.486 e. The smallest absolute Gasteiger partial charge is 0.323 e. The summed E-state index contributed by atoms with van der Waals surface area (Å²) in [6.45, 7) is 1.82. The third-order valence-electron chi connectivity index (χ3n) is 4.10. The Labute approximate surface area is 155 Å². The summed E-state index contributed by atoms with van der Waals surface area (Å²) in [7, 11) is 0. The van der Waals surface area contributed by atoms with Crippen LogP contribution >= 0.6 is 23.4 Å². The van der Waals surface area contributed by atoms with Crippen LogP contribution in [0.5, 0.6) is 11.5 Å². The van der Waals surface area contributed by atoms with Gasteiger partial charge in [-0.2, -0.15) is 0 Å². The van der Waals surface area contributed by atoms with E-state index in [0.717, 1.165) is 28.5 Å². The van der Waals surface area contributed by atoms with Crippen LogP contribution in [0.1, 0.15) is 10.9 Å². The second kappa shape index (κ2) is 7.06. The fraction of sp³-hybridized carbons (Fsp3) is 0.278. The quantitative estimate of drug-likeness (QED) is 0.844. The van der Waals surface area contributed by atoms with Gasteiger partial charge in [0, 0.05) is 23.0 Å². The van der Waals surface area contributed by atoms with Crippen molar-refractivity contribution in [3.8, 4) is 11.5 Å². The highest BCUT2D eigenvalue weighted by molar-refractivity contribution is 7.99. The zero-order chi connectivity index (χ0) is 17.2. The molecule has 5 nitrogen and oxygen atoms in total. The monoisotopic (exact) mass is 376 g/mol. The molecule has 2 heterocycles. The lowest BCUT2D eigenvalue weighted by molar-refractivity contribution is 0.171. The molecule has 1 unspecified atom stereocenters. The first-order chi connectivity index (χ1) is 12.2. The van der Waals surface area contributed by atoms with Crippen molar-refractivity contribution in [1.29, 1.82) is 0 Å². The predicted octanol–water partition coefficient (Wildman–Crippen LogP) is 4.39. The van der Waals surface area contributed by atoms with Crippen molar-refractivity contribution in [2.75, 3.05) is 30.8 Å². The standard InChI is InChI=1S/C18H17ClN2O3S/c19-13-2-4-14(5-3-13)20-18(22)21-7-10-25-17(21)12-1-6-15-16(11-12)24-9-8-23-15/h1-6,11,17H,7-10H2,(H,20,22). The number of nitrogens with zero attached hydrogens (tertiary/aromatic N) is 1. The van der Waals surface area contributed by atoms with Crippen LogP contribution in [0.15, 0.2) is 42.5 Å². The number of hydrogen-bond acceptors (Lipinski definition) is 4. The minimum absolute atomic E-state index is 0.0388. The molecule has 0 spiro atoms. The van der Waals surface area contributed by atoms with Crippen molar-refractivity contribution in [1.82, 2.24) is 4.90 Å². The van der Waals surface area contributed by atoms with E-state index in [0.29, 0.717) is 24.8 Å². The summed E-state index contributed by atoms with van der Waals surface area (Å²) in [6.07, 6.45) is 0. The summed E-state index contributed by atoms with van der Waals surface area (Å²) in [6, 6.07) is 12.9. The van der Waals surface area contributed by atoms with Gasteiger partial charge in [-0.25, -0.2) is 4.79 Å². The first-order valence-electron chi connectivity index (χ1n) is 8.05. The molecule has 25 heavy (non-hydrogen) atoms. The number of amides is 2. The zero-order valence-electron chi connectivity index (χ0n) is 13.4. The highest BCUT2D eigenvalue weighted by Crippen LogP contribution is 2.41. The van der Waals surface area contributed by atoms with E-state index in [9.17, 15) is 4.79 Å². The van der Waals surface area contributed by atoms with Crippen molar-refractivity contribution in [2.45, 2.75) is 5.37 Å². The Bertz CT molecular complexity index is 784. The number of hydrogen-bond donors (Lipinski definition) is 1. The van der Waals surface area contributed by atoms with Gasteiger partial charge in [-0.3, -0.25) is 0 Å². The van der Waals surface area contributed by atoms with Gasteiger partial charge < -0.3 is 19.7 Å². The lowest BCUT2D eigenvalue weighted by Gasteiger charge is -2.26. The lowest BCUT2D eigenvalue weighted by Crippen LogP contribution is -2.34. The van der Waals surface area contributed by atoms with Gasteiger partial charge in [-0.05, 0) is 42.0 Å². The summed E-state index contributed by atoms with van der Waals surface area (Å²) in [5, 5.41) is 3.54. The number of urea groups is 1. The molecule has 7 heteroatoms. The molecule has 0 saturated carbocycles. The molecule has 2 amide bonds. The van der Waals surface area contributed by atoms with E-state index < -0.39 is 0 Å². The van der Waals surface area contributed by atoms with Crippen molar-refractivity contribution in [2.24, 2.45) is 0 Å². The molecule has 0 aliphatic carbocycles.